The summed E-state index contributed by atoms with van der Waals surface area (Å²) in [6.45, 7) is 0. The van der Waals surface area contributed by atoms with Crippen LogP contribution < -0.4 is 5.73 Å². The molecular formula is C9H3F10N. The average Bonchev–Trinajstić information content (AvgIpc) is 2.32. The van der Waals surface area contributed by atoms with E-state index in [-0.39, 0.29) is 0 Å². The summed E-state index contributed by atoms with van der Waals surface area (Å²) in [7, 11) is 0. The summed E-state index contributed by atoms with van der Waals surface area (Å²) in [5.41, 5.74) is 1.90. The Morgan fingerprint density at radius 2 is 0.950 bits per heavy atom. The van der Waals surface area contributed by atoms with Crippen LogP contribution in [0.15, 0.2) is 0 Å². The van der Waals surface area contributed by atoms with Crippen molar-refractivity contribution in [2.45, 2.75) is 18.1 Å². The minimum Gasteiger partial charge on any atom is -0.319 e. The molecule has 0 saturated heterocycles. The second-order valence-electron chi connectivity index (χ2n) is 3.58. The summed E-state index contributed by atoms with van der Waals surface area (Å²) in [6.07, 6.45) is -6.34. The molecule has 1 atom stereocenters. The Morgan fingerprint density at radius 3 is 1.25 bits per heavy atom. The van der Waals surface area contributed by atoms with Crippen molar-refractivity contribution in [3.05, 3.63) is 34.6 Å². The second-order valence-corrected chi connectivity index (χ2v) is 3.58. The van der Waals surface area contributed by atoms with Crippen LogP contribution in [0.4, 0.5) is 43.9 Å². The lowest BCUT2D eigenvalue weighted by Gasteiger charge is -2.26. The number of halogens is 10. The highest BCUT2D eigenvalue weighted by molar-refractivity contribution is 5.28. The first kappa shape index (κ1) is 16.5. The van der Waals surface area contributed by atoms with E-state index >= 15 is 0 Å². The number of hydrogen-bond acceptors (Lipinski definition) is 1. The summed E-state index contributed by atoms with van der Waals surface area (Å²) in [6, 6.07) is -3.80. The van der Waals surface area contributed by atoms with Gasteiger partial charge in [0.05, 0.1) is 5.56 Å². The average molecular weight is 315 g/mol. The summed E-state index contributed by atoms with van der Waals surface area (Å²) in [4.78, 5) is 0. The first-order valence-electron chi connectivity index (χ1n) is 4.55. The van der Waals surface area contributed by atoms with Gasteiger partial charge in [-0.15, -0.1) is 0 Å². The maximum absolute atomic E-state index is 13.1. The smallest absolute Gasteiger partial charge is 0.319 e. The zero-order valence-corrected chi connectivity index (χ0v) is 8.93. The molecule has 0 aromatic heterocycles. The molecule has 20 heavy (non-hydrogen) atoms. The summed E-state index contributed by atoms with van der Waals surface area (Å²) >= 11 is 0. The van der Waals surface area contributed by atoms with Crippen molar-refractivity contribution in [3.63, 3.8) is 0 Å². The van der Waals surface area contributed by atoms with Crippen molar-refractivity contribution in [3.8, 4) is 0 Å². The number of benzene rings is 1. The molecule has 0 aliphatic heterocycles. The molecule has 0 amide bonds. The Kier molecular flexibility index (Phi) is 3.96. The van der Waals surface area contributed by atoms with Crippen molar-refractivity contribution < 1.29 is 43.9 Å². The molecule has 2 N–H and O–H groups in total. The monoisotopic (exact) mass is 315 g/mol. The molecule has 1 nitrogen and oxygen atoms in total. The minimum absolute atomic E-state index is 2.44. The molecule has 0 aliphatic carbocycles. The second kappa shape index (κ2) is 4.79. The van der Waals surface area contributed by atoms with Crippen LogP contribution in [-0.2, 0) is 0 Å². The first-order valence-corrected chi connectivity index (χ1v) is 4.55. The molecule has 1 aromatic carbocycles. The Bertz CT molecular complexity index is 506. The van der Waals surface area contributed by atoms with Gasteiger partial charge in [-0.2, -0.15) is 22.0 Å². The summed E-state index contributed by atoms with van der Waals surface area (Å²) in [5.74, 6) is -19.6. The lowest BCUT2D eigenvalue weighted by Crippen LogP contribution is -2.46. The zero-order chi connectivity index (χ0) is 16.0. The Labute approximate surface area is 104 Å². The number of hydrogen-bond donors (Lipinski definition) is 1. The van der Waals surface area contributed by atoms with Crippen molar-refractivity contribution >= 4 is 0 Å². The molecule has 114 valence electrons. The van der Waals surface area contributed by atoms with Crippen LogP contribution in [0.3, 0.4) is 0 Å². The molecule has 0 saturated carbocycles. The predicted molar refractivity (Wildman–Crippen MR) is 44.2 cm³/mol. The quantitative estimate of drug-likeness (QED) is 0.504. The molecule has 0 radical (unpaired) electrons. The van der Waals surface area contributed by atoms with Crippen LogP contribution >= 0.6 is 0 Å². The van der Waals surface area contributed by atoms with Crippen molar-refractivity contribution in [2.75, 3.05) is 0 Å². The van der Waals surface area contributed by atoms with E-state index in [1.807, 2.05) is 0 Å². The van der Waals surface area contributed by atoms with Crippen molar-refractivity contribution in [1.82, 2.24) is 0 Å². The van der Waals surface area contributed by atoms with Crippen molar-refractivity contribution in [2.24, 2.45) is 5.73 Å². The summed E-state index contributed by atoms with van der Waals surface area (Å²) < 4.78 is 126. The molecular weight excluding hydrogens is 312 g/mol. The number of nitrogens with two attached hydrogens (primary N) is 1. The Balaban J connectivity index is 3.57. The number of rotatable bonds is 2. The fourth-order valence-corrected chi connectivity index (χ4v) is 1.25. The summed E-state index contributed by atoms with van der Waals surface area (Å²) in [5, 5.41) is 0. The van der Waals surface area contributed by atoms with Gasteiger partial charge in [-0.3, -0.25) is 0 Å². The van der Waals surface area contributed by atoms with Gasteiger partial charge in [-0.25, -0.2) is 22.0 Å². The van der Waals surface area contributed by atoms with Gasteiger partial charge in [0.2, 0.25) is 5.82 Å². The van der Waals surface area contributed by atoms with Crippen LogP contribution in [-0.4, -0.2) is 12.1 Å². The Morgan fingerprint density at radius 1 is 0.650 bits per heavy atom. The zero-order valence-electron chi connectivity index (χ0n) is 8.93. The van der Waals surface area contributed by atoms with E-state index in [9.17, 15) is 43.9 Å². The normalized spacial score (nSPS) is 14.6. The van der Waals surface area contributed by atoms with E-state index in [1.54, 1.807) is 0 Å². The van der Waals surface area contributed by atoms with Crippen LogP contribution in [0, 0.1) is 29.1 Å². The maximum atomic E-state index is 13.1. The molecule has 0 fully saturated rings. The van der Waals surface area contributed by atoms with Gasteiger partial charge in [-0.05, 0) is 0 Å². The van der Waals surface area contributed by atoms with E-state index in [0.717, 1.165) is 0 Å². The van der Waals surface area contributed by atoms with E-state index in [1.165, 1.54) is 0 Å². The number of alkyl halides is 5. The van der Waals surface area contributed by atoms with Gasteiger partial charge in [0.15, 0.2) is 23.3 Å². The fourth-order valence-electron chi connectivity index (χ4n) is 1.25. The molecule has 1 aromatic rings. The fraction of sp³-hybridized carbons (Fsp3) is 0.333. The highest BCUT2D eigenvalue weighted by atomic mass is 19.4. The van der Waals surface area contributed by atoms with Crippen LogP contribution in [0.1, 0.15) is 11.6 Å². The molecule has 0 aliphatic rings. The van der Waals surface area contributed by atoms with Gasteiger partial charge < -0.3 is 5.73 Å². The van der Waals surface area contributed by atoms with E-state index in [4.69, 9.17) is 0 Å². The van der Waals surface area contributed by atoms with Gasteiger partial charge in [0.25, 0.3) is 0 Å². The van der Waals surface area contributed by atoms with Gasteiger partial charge in [-0.1, -0.05) is 0 Å². The SMILES string of the molecule is N[C@@H](c1c(F)c(F)c(F)c(F)c1F)C(F)(F)C(F)(F)F. The molecule has 0 spiro atoms. The van der Waals surface area contributed by atoms with Gasteiger partial charge in [0.1, 0.15) is 6.04 Å². The van der Waals surface area contributed by atoms with E-state index in [0.29, 0.717) is 0 Å². The third-order valence-corrected chi connectivity index (χ3v) is 2.32. The van der Waals surface area contributed by atoms with Crippen molar-refractivity contribution in [1.29, 1.82) is 0 Å². The maximum Gasteiger partial charge on any atom is 0.455 e. The lowest BCUT2D eigenvalue weighted by molar-refractivity contribution is -0.291. The molecule has 0 bridgehead atoms. The highest BCUT2D eigenvalue weighted by Crippen LogP contribution is 2.45. The largest absolute Gasteiger partial charge is 0.455 e. The molecule has 1 rings (SSSR count). The third kappa shape index (κ3) is 2.30. The highest BCUT2D eigenvalue weighted by Gasteiger charge is 2.63. The third-order valence-electron chi connectivity index (χ3n) is 2.32. The minimum atomic E-state index is -6.34. The topological polar surface area (TPSA) is 26.0 Å². The van der Waals surface area contributed by atoms with E-state index < -0.39 is 52.8 Å². The molecule has 11 heteroatoms. The van der Waals surface area contributed by atoms with Crippen LogP contribution in [0.5, 0.6) is 0 Å². The first-order chi connectivity index (χ1) is 8.84. The van der Waals surface area contributed by atoms with Gasteiger partial charge in [0, 0.05) is 0 Å². The van der Waals surface area contributed by atoms with Crippen LogP contribution in [0.25, 0.3) is 0 Å². The molecule has 0 unspecified atom stereocenters. The Hall–Kier alpha value is -1.52. The molecule has 0 heterocycles. The standard InChI is InChI=1S/C9H3F10N/c10-2-1(3(11)5(13)6(14)4(2)12)7(20)8(15,16)9(17,18)19/h7H,20H2/t7-/m0/s1. The van der Waals surface area contributed by atoms with E-state index in [2.05, 4.69) is 5.73 Å². The lowest BCUT2D eigenvalue weighted by atomic mass is 9.99. The van der Waals surface area contributed by atoms with Crippen LogP contribution in [0.2, 0.25) is 0 Å². The van der Waals surface area contributed by atoms with Gasteiger partial charge >= 0.3 is 12.1 Å². The predicted octanol–water partition coefficient (Wildman–Crippen LogP) is 3.58.